The third kappa shape index (κ3) is 2.66. The van der Waals surface area contributed by atoms with Crippen LogP contribution in [0.5, 0.6) is 0 Å². The van der Waals surface area contributed by atoms with Gasteiger partial charge >= 0.3 is 0 Å². The van der Waals surface area contributed by atoms with Gasteiger partial charge in [-0.2, -0.15) is 4.98 Å². The van der Waals surface area contributed by atoms with Crippen LogP contribution < -0.4 is 0 Å². The van der Waals surface area contributed by atoms with Crippen molar-refractivity contribution < 1.29 is 9.63 Å². The van der Waals surface area contributed by atoms with E-state index in [1.165, 1.54) is 0 Å². The summed E-state index contributed by atoms with van der Waals surface area (Å²) in [7, 11) is 0. The van der Waals surface area contributed by atoms with Crippen LogP contribution in [0.2, 0.25) is 0 Å². The topological polar surface area (TPSA) is 72.0 Å². The van der Waals surface area contributed by atoms with E-state index in [1.54, 1.807) is 6.20 Å². The largest absolute Gasteiger partial charge is 0.392 e. The van der Waals surface area contributed by atoms with Crippen LogP contribution in [0.1, 0.15) is 43.9 Å². The quantitative estimate of drug-likeness (QED) is 0.839. The standard InChI is InChI=1S/C14H17N3O2/c18-12-8-3-1-2-6-10(12)14-16-13(17-19-14)11-7-4-5-9-15-11/h4-5,7,9-10,12,18H,1-3,6,8H2. The van der Waals surface area contributed by atoms with Gasteiger partial charge in [0.2, 0.25) is 11.7 Å². The molecular weight excluding hydrogens is 242 g/mol. The van der Waals surface area contributed by atoms with E-state index in [1.807, 2.05) is 18.2 Å². The summed E-state index contributed by atoms with van der Waals surface area (Å²) < 4.78 is 5.32. The second-order valence-electron chi connectivity index (χ2n) is 4.98. The highest BCUT2D eigenvalue weighted by molar-refractivity contribution is 5.47. The van der Waals surface area contributed by atoms with Crippen LogP contribution >= 0.6 is 0 Å². The van der Waals surface area contributed by atoms with E-state index < -0.39 is 0 Å². The Balaban J connectivity index is 1.84. The van der Waals surface area contributed by atoms with Crippen LogP contribution in [-0.2, 0) is 0 Å². The molecule has 1 fully saturated rings. The Kier molecular flexibility index (Phi) is 3.55. The van der Waals surface area contributed by atoms with E-state index in [0.717, 1.165) is 32.1 Å². The minimum Gasteiger partial charge on any atom is -0.392 e. The highest BCUT2D eigenvalue weighted by Crippen LogP contribution is 2.31. The highest BCUT2D eigenvalue weighted by Gasteiger charge is 2.28. The van der Waals surface area contributed by atoms with Crippen LogP contribution in [-0.4, -0.2) is 26.3 Å². The zero-order valence-electron chi connectivity index (χ0n) is 10.7. The van der Waals surface area contributed by atoms with Gasteiger partial charge < -0.3 is 9.63 Å². The first-order chi connectivity index (χ1) is 9.34. The van der Waals surface area contributed by atoms with Gasteiger partial charge in [-0.15, -0.1) is 0 Å². The predicted octanol–water partition coefficient (Wildman–Crippen LogP) is 2.54. The maximum atomic E-state index is 10.1. The van der Waals surface area contributed by atoms with Gasteiger partial charge in [-0.1, -0.05) is 30.5 Å². The maximum Gasteiger partial charge on any atom is 0.232 e. The van der Waals surface area contributed by atoms with Crippen LogP contribution in [0.4, 0.5) is 0 Å². The summed E-state index contributed by atoms with van der Waals surface area (Å²) in [5.41, 5.74) is 0.695. The van der Waals surface area contributed by atoms with Crippen molar-refractivity contribution in [3.63, 3.8) is 0 Å². The van der Waals surface area contributed by atoms with E-state index in [2.05, 4.69) is 15.1 Å². The zero-order chi connectivity index (χ0) is 13.1. The molecule has 0 saturated heterocycles. The number of pyridine rings is 1. The number of nitrogens with zero attached hydrogens (tertiary/aromatic N) is 3. The molecule has 2 unspecified atom stereocenters. The number of hydrogen-bond donors (Lipinski definition) is 1. The monoisotopic (exact) mass is 259 g/mol. The van der Waals surface area contributed by atoms with Crippen LogP contribution in [0.25, 0.3) is 11.5 Å². The lowest BCUT2D eigenvalue weighted by Gasteiger charge is -2.15. The Bertz CT molecular complexity index is 526. The molecule has 0 amide bonds. The van der Waals surface area contributed by atoms with Gasteiger partial charge in [0.05, 0.1) is 12.0 Å². The van der Waals surface area contributed by atoms with Gasteiger partial charge in [0.25, 0.3) is 0 Å². The molecule has 2 aromatic rings. The molecule has 5 heteroatoms. The number of aromatic nitrogens is 3. The molecule has 2 aromatic heterocycles. The lowest BCUT2D eigenvalue weighted by atomic mass is 9.97. The molecule has 5 nitrogen and oxygen atoms in total. The van der Waals surface area contributed by atoms with Crippen LogP contribution in [0.15, 0.2) is 28.9 Å². The molecule has 0 aromatic carbocycles. The van der Waals surface area contributed by atoms with Crippen molar-refractivity contribution in [3.8, 4) is 11.5 Å². The first-order valence-corrected chi connectivity index (χ1v) is 6.77. The van der Waals surface area contributed by atoms with Crippen molar-refractivity contribution in [3.05, 3.63) is 30.3 Å². The molecule has 100 valence electrons. The minimum atomic E-state index is -0.375. The second-order valence-corrected chi connectivity index (χ2v) is 4.98. The molecule has 1 saturated carbocycles. The van der Waals surface area contributed by atoms with Gasteiger partial charge in [-0.3, -0.25) is 4.98 Å². The van der Waals surface area contributed by atoms with Crippen LogP contribution in [0, 0.1) is 0 Å². The van der Waals surface area contributed by atoms with Crippen LogP contribution in [0.3, 0.4) is 0 Å². The minimum absolute atomic E-state index is 0.0348. The molecule has 3 rings (SSSR count). The van der Waals surface area contributed by atoms with Crippen molar-refractivity contribution in [2.75, 3.05) is 0 Å². The Morgan fingerprint density at radius 3 is 2.89 bits per heavy atom. The number of hydrogen-bond acceptors (Lipinski definition) is 5. The van der Waals surface area contributed by atoms with E-state index in [4.69, 9.17) is 4.52 Å². The van der Waals surface area contributed by atoms with Gasteiger partial charge in [0.15, 0.2) is 0 Å². The lowest BCUT2D eigenvalue weighted by molar-refractivity contribution is 0.119. The van der Waals surface area contributed by atoms with E-state index >= 15 is 0 Å². The van der Waals surface area contributed by atoms with Crippen molar-refractivity contribution >= 4 is 0 Å². The molecular formula is C14H17N3O2. The van der Waals surface area contributed by atoms with Crippen molar-refractivity contribution in [1.29, 1.82) is 0 Å². The summed E-state index contributed by atoms with van der Waals surface area (Å²) >= 11 is 0. The van der Waals surface area contributed by atoms with E-state index in [0.29, 0.717) is 17.4 Å². The molecule has 0 spiro atoms. The molecule has 0 radical (unpaired) electrons. The van der Waals surface area contributed by atoms with E-state index in [9.17, 15) is 5.11 Å². The molecule has 19 heavy (non-hydrogen) atoms. The summed E-state index contributed by atoms with van der Waals surface area (Å²) in [4.78, 5) is 8.59. The Hall–Kier alpha value is -1.75. The van der Waals surface area contributed by atoms with E-state index in [-0.39, 0.29) is 12.0 Å². The molecule has 1 aliphatic carbocycles. The predicted molar refractivity (Wildman–Crippen MR) is 69.4 cm³/mol. The maximum absolute atomic E-state index is 10.1. The highest BCUT2D eigenvalue weighted by atomic mass is 16.5. The molecule has 2 atom stereocenters. The first kappa shape index (κ1) is 12.3. The summed E-state index contributed by atoms with van der Waals surface area (Å²) in [6, 6.07) is 5.58. The molecule has 0 bridgehead atoms. The third-order valence-corrected chi connectivity index (χ3v) is 3.63. The van der Waals surface area contributed by atoms with Gasteiger partial charge in [-0.25, -0.2) is 0 Å². The second kappa shape index (κ2) is 5.48. The Morgan fingerprint density at radius 1 is 1.16 bits per heavy atom. The average molecular weight is 259 g/mol. The average Bonchev–Trinajstić information content (AvgIpc) is 2.83. The summed E-state index contributed by atoms with van der Waals surface area (Å²) in [6.07, 6.45) is 6.37. The van der Waals surface area contributed by atoms with Gasteiger partial charge in [0.1, 0.15) is 5.69 Å². The number of rotatable bonds is 2. The number of aliphatic hydroxyl groups excluding tert-OH is 1. The van der Waals surface area contributed by atoms with Gasteiger partial charge in [0, 0.05) is 6.20 Å². The molecule has 1 aliphatic rings. The SMILES string of the molecule is OC1CCCCCC1c1nc(-c2ccccn2)no1. The Labute approximate surface area is 111 Å². The lowest BCUT2D eigenvalue weighted by Crippen LogP contribution is -2.17. The fourth-order valence-electron chi connectivity index (χ4n) is 2.56. The molecule has 1 N–H and O–H groups in total. The summed E-state index contributed by atoms with van der Waals surface area (Å²) in [6.45, 7) is 0. The third-order valence-electron chi connectivity index (χ3n) is 3.63. The fourth-order valence-corrected chi connectivity index (χ4v) is 2.56. The van der Waals surface area contributed by atoms with Crippen molar-refractivity contribution in [1.82, 2.24) is 15.1 Å². The summed E-state index contributed by atoms with van der Waals surface area (Å²) in [5, 5.41) is 14.1. The van der Waals surface area contributed by atoms with Gasteiger partial charge in [-0.05, 0) is 25.0 Å². The zero-order valence-corrected chi connectivity index (χ0v) is 10.7. The first-order valence-electron chi connectivity index (χ1n) is 6.77. The Morgan fingerprint density at radius 2 is 2.05 bits per heavy atom. The number of aliphatic hydroxyl groups is 1. The molecule has 2 heterocycles. The van der Waals surface area contributed by atoms with Crippen molar-refractivity contribution in [2.24, 2.45) is 0 Å². The van der Waals surface area contributed by atoms with Crippen molar-refractivity contribution in [2.45, 2.75) is 44.1 Å². The fraction of sp³-hybridized carbons (Fsp3) is 0.500. The smallest absolute Gasteiger partial charge is 0.232 e. The molecule has 0 aliphatic heterocycles. The summed E-state index contributed by atoms with van der Waals surface area (Å²) in [5.74, 6) is 0.995. The normalized spacial score (nSPS) is 24.1.